The minimum Gasteiger partial charge on any atom is -0.492 e. The minimum absolute atomic E-state index is 0.0803. The molecule has 0 bridgehead atoms. The zero-order valence-electron chi connectivity index (χ0n) is 17.8. The van der Waals surface area contributed by atoms with Crippen LogP contribution in [0.2, 0.25) is 0 Å². The van der Waals surface area contributed by atoms with E-state index in [4.69, 9.17) is 15.4 Å². The van der Waals surface area contributed by atoms with E-state index in [-0.39, 0.29) is 10.3 Å². The van der Waals surface area contributed by atoms with Gasteiger partial charge in [0.15, 0.2) is 0 Å². The van der Waals surface area contributed by atoms with Crippen LogP contribution >= 0.6 is 10.7 Å². The first-order chi connectivity index (χ1) is 12.5. The fraction of sp³-hybridized carbons (Fsp3) is 0.727. The first-order valence-electron chi connectivity index (χ1n) is 10.2. The molecule has 156 valence electrons. The molecule has 1 aromatic carbocycles. The lowest BCUT2D eigenvalue weighted by Gasteiger charge is -2.35. The van der Waals surface area contributed by atoms with E-state index in [0.29, 0.717) is 24.2 Å². The van der Waals surface area contributed by atoms with Crippen LogP contribution in [0.4, 0.5) is 0 Å². The zero-order chi connectivity index (χ0) is 20.7. The van der Waals surface area contributed by atoms with Crippen LogP contribution in [-0.4, -0.2) is 15.0 Å². The highest BCUT2D eigenvalue weighted by molar-refractivity contribution is 8.13. The summed E-state index contributed by atoms with van der Waals surface area (Å²) in [5, 5.41) is 0. The molecule has 1 rings (SSSR count). The molecule has 0 amide bonds. The summed E-state index contributed by atoms with van der Waals surface area (Å²) in [6.45, 7) is 13.6. The van der Waals surface area contributed by atoms with E-state index < -0.39 is 9.05 Å². The van der Waals surface area contributed by atoms with Gasteiger partial charge in [0, 0.05) is 10.7 Å². The Labute approximate surface area is 171 Å². The Morgan fingerprint density at radius 1 is 1.04 bits per heavy atom. The fourth-order valence-electron chi connectivity index (χ4n) is 3.38. The summed E-state index contributed by atoms with van der Waals surface area (Å²) >= 11 is 0. The van der Waals surface area contributed by atoms with E-state index in [9.17, 15) is 8.42 Å². The Hall–Kier alpha value is -0.740. The van der Waals surface area contributed by atoms with Crippen LogP contribution in [0.3, 0.4) is 0 Å². The molecule has 0 aliphatic heterocycles. The van der Waals surface area contributed by atoms with Crippen molar-refractivity contribution in [3.8, 4) is 5.75 Å². The molecule has 0 N–H and O–H groups in total. The number of hydrogen-bond donors (Lipinski definition) is 0. The van der Waals surface area contributed by atoms with Gasteiger partial charge in [0.05, 0.1) is 6.61 Å². The summed E-state index contributed by atoms with van der Waals surface area (Å²) in [7, 11) is 1.85. The van der Waals surface area contributed by atoms with Crippen LogP contribution in [0.5, 0.6) is 5.75 Å². The molecule has 27 heavy (non-hydrogen) atoms. The third-order valence-corrected chi connectivity index (χ3v) is 7.19. The van der Waals surface area contributed by atoms with Crippen LogP contribution in [0.15, 0.2) is 23.1 Å². The van der Waals surface area contributed by atoms with Crippen molar-refractivity contribution in [3.05, 3.63) is 23.8 Å². The van der Waals surface area contributed by atoms with Gasteiger partial charge in [-0.15, -0.1) is 0 Å². The SMILES string of the molecule is CCCCCCCCOc1ccc(C(C)(C)C(C)C(C)C)cc1S(=O)(=O)Cl. The van der Waals surface area contributed by atoms with E-state index in [1.807, 2.05) is 6.07 Å². The van der Waals surface area contributed by atoms with Gasteiger partial charge in [0.1, 0.15) is 10.6 Å². The molecule has 1 atom stereocenters. The highest BCUT2D eigenvalue weighted by Gasteiger charge is 2.31. The third kappa shape index (κ3) is 7.30. The number of halogens is 1. The second-order valence-electron chi connectivity index (χ2n) is 8.47. The molecular formula is C22H37ClO3S. The van der Waals surface area contributed by atoms with Crippen LogP contribution in [0.1, 0.15) is 85.6 Å². The molecule has 3 nitrogen and oxygen atoms in total. The quantitative estimate of drug-likeness (QED) is 0.274. The molecule has 0 saturated heterocycles. The Kier molecular flexibility index (Phi) is 9.64. The normalized spacial score (nSPS) is 13.8. The minimum atomic E-state index is -3.87. The van der Waals surface area contributed by atoms with Crippen molar-refractivity contribution in [3.63, 3.8) is 0 Å². The van der Waals surface area contributed by atoms with E-state index in [1.165, 1.54) is 25.7 Å². The van der Waals surface area contributed by atoms with Crippen molar-refractivity contribution in [1.29, 1.82) is 0 Å². The lowest BCUT2D eigenvalue weighted by atomic mass is 9.70. The van der Waals surface area contributed by atoms with Gasteiger partial charge >= 0.3 is 0 Å². The van der Waals surface area contributed by atoms with E-state index >= 15 is 0 Å². The van der Waals surface area contributed by atoms with Crippen molar-refractivity contribution >= 4 is 19.7 Å². The molecule has 5 heteroatoms. The molecule has 0 aliphatic carbocycles. The highest BCUT2D eigenvalue weighted by Crippen LogP contribution is 2.39. The number of unbranched alkanes of at least 4 members (excludes halogenated alkanes) is 5. The van der Waals surface area contributed by atoms with Crippen molar-refractivity contribution in [2.24, 2.45) is 11.8 Å². The number of hydrogen-bond acceptors (Lipinski definition) is 3. The van der Waals surface area contributed by atoms with Gasteiger partial charge in [-0.3, -0.25) is 0 Å². The van der Waals surface area contributed by atoms with Gasteiger partial charge < -0.3 is 4.74 Å². The molecule has 0 aromatic heterocycles. The van der Waals surface area contributed by atoms with E-state index in [2.05, 4.69) is 41.5 Å². The first kappa shape index (κ1) is 24.3. The summed E-state index contributed by atoms with van der Waals surface area (Å²) < 4.78 is 30.0. The zero-order valence-corrected chi connectivity index (χ0v) is 19.4. The fourth-order valence-corrected chi connectivity index (χ4v) is 4.38. The van der Waals surface area contributed by atoms with Gasteiger partial charge in [-0.25, -0.2) is 8.42 Å². The van der Waals surface area contributed by atoms with Gasteiger partial charge in [-0.2, -0.15) is 0 Å². The maximum atomic E-state index is 12.1. The predicted molar refractivity (Wildman–Crippen MR) is 115 cm³/mol. The van der Waals surface area contributed by atoms with Crippen molar-refractivity contribution < 1.29 is 13.2 Å². The summed E-state index contributed by atoms with van der Waals surface area (Å²) in [5.41, 5.74) is 0.803. The summed E-state index contributed by atoms with van der Waals surface area (Å²) in [4.78, 5) is 0.0803. The molecule has 0 spiro atoms. The molecule has 0 fully saturated rings. The highest BCUT2D eigenvalue weighted by atomic mass is 35.7. The van der Waals surface area contributed by atoms with Crippen LogP contribution in [-0.2, 0) is 14.5 Å². The van der Waals surface area contributed by atoms with Crippen molar-refractivity contribution in [2.45, 2.75) is 90.4 Å². The molecule has 0 radical (unpaired) electrons. The largest absolute Gasteiger partial charge is 0.492 e. The maximum absolute atomic E-state index is 12.1. The monoisotopic (exact) mass is 416 g/mol. The van der Waals surface area contributed by atoms with Gasteiger partial charge in [0.2, 0.25) is 0 Å². The van der Waals surface area contributed by atoms with Gasteiger partial charge in [-0.05, 0) is 41.4 Å². The summed E-state index contributed by atoms with van der Waals surface area (Å²) in [5.74, 6) is 1.23. The third-order valence-electron chi connectivity index (χ3n) is 5.84. The lowest BCUT2D eigenvalue weighted by Crippen LogP contribution is -2.30. The van der Waals surface area contributed by atoms with Crippen LogP contribution in [0.25, 0.3) is 0 Å². The molecular weight excluding hydrogens is 380 g/mol. The summed E-state index contributed by atoms with van der Waals surface area (Å²) in [6.07, 6.45) is 6.95. The molecule has 0 heterocycles. The second-order valence-corrected chi connectivity index (χ2v) is 11.0. The molecule has 1 aromatic rings. The van der Waals surface area contributed by atoms with Gasteiger partial charge in [0.25, 0.3) is 9.05 Å². The van der Waals surface area contributed by atoms with E-state index in [0.717, 1.165) is 18.4 Å². The lowest BCUT2D eigenvalue weighted by molar-refractivity contribution is 0.262. The Bertz CT molecular complexity index is 681. The van der Waals surface area contributed by atoms with Crippen molar-refractivity contribution in [2.75, 3.05) is 6.61 Å². The van der Waals surface area contributed by atoms with Crippen molar-refractivity contribution in [1.82, 2.24) is 0 Å². The Morgan fingerprint density at radius 3 is 2.19 bits per heavy atom. The second kappa shape index (κ2) is 10.7. The van der Waals surface area contributed by atoms with Gasteiger partial charge in [-0.1, -0.05) is 79.7 Å². The molecule has 0 saturated carbocycles. The van der Waals surface area contributed by atoms with Crippen LogP contribution < -0.4 is 4.74 Å². The summed E-state index contributed by atoms with van der Waals surface area (Å²) in [6, 6.07) is 5.43. The average Bonchev–Trinajstić information content (AvgIpc) is 2.59. The number of rotatable bonds is 12. The standard InChI is InChI=1S/C22H37ClO3S/c1-7-8-9-10-11-12-15-26-20-14-13-19(16-21(20)27(23,24)25)22(5,6)18(4)17(2)3/h13-14,16-18H,7-12,15H2,1-6H3. The Morgan fingerprint density at radius 2 is 1.63 bits per heavy atom. The molecule has 1 unspecified atom stereocenters. The smallest absolute Gasteiger partial charge is 0.264 e. The first-order valence-corrected chi connectivity index (χ1v) is 12.5. The number of ether oxygens (including phenoxy) is 1. The topological polar surface area (TPSA) is 43.4 Å². The molecule has 0 aliphatic rings. The average molecular weight is 417 g/mol. The maximum Gasteiger partial charge on any atom is 0.264 e. The number of benzene rings is 1. The predicted octanol–water partition coefficient (Wildman–Crippen LogP) is 6.92. The van der Waals surface area contributed by atoms with E-state index in [1.54, 1.807) is 12.1 Å². The van der Waals surface area contributed by atoms with Crippen LogP contribution in [0, 0.1) is 11.8 Å². The Balaban J connectivity index is 2.92.